The van der Waals surface area contributed by atoms with Crippen molar-refractivity contribution in [2.24, 2.45) is 0 Å². The molecule has 0 aromatic heterocycles. The van der Waals surface area contributed by atoms with Gasteiger partial charge in [-0.3, -0.25) is 4.79 Å². The van der Waals surface area contributed by atoms with Gasteiger partial charge in [-0.25, -0.2) is 16.8 Å². The van der Waals surface area contributed by atoms with E-state index in [4.69, 9.17) is 4.74 Å². The Balaban J connectivity index is 2.18. The lowest BCUT2D eigenvalue weighted by atomic mass is 10.2. The molecule has 1 saturated heterocycles. The number of ether oxygens (including phenoxy) is 1. The SMILES string of the molecule is CCOc1ccc(Br)cc1S(=O)(=O)N(CC)CC(=O)N[C@@H]1CCS(=O)(=O)C1. The van der Waals surface area contributed by atoms with Crippen LogP contribution in [0, 0.1) is 0 Å². The van der Waals surface area contributed by atoms with Crippen LogP contribution in [0.15, 0.2) is 27.6 Å². The number of sulfonamides is 1. The van der Waals surface area contributed by atoms with Crippen molar-refractivity contribution in [3.63, 3.8) is 0 Å². The maximum absolute atomic E-state index is 13.0. The largest absolute Gasteiger partial charge is 0.492 e. The van der Waals surface area contributed by atoms with Crippen LogP contribution in [0.1, 0.15) is 20.3 Å². The highest BCUT2D eigenvalue weighted by atomic mass is 79.9. The van der Waals surface area contributed by atoms with E-state index in [-0.39, 0.29) is 28.7 Å². The van der Waals surface area contributed by atoms with Crippen LogP contribution >= 0.6 is 15.9 Å². The third-order valence-electron chi connectivity index (χ3n) is 4.09. The van der Waals surface area contributed by atoms with Crippen LogP contribution in [-0.2, 0) is 24.7 Å². The van der Waals surface area contributed by atoms with Gasteiger partial charge in [-0.05, 0) is 31.5 Å². The van der Waals surface area contributed by atoms with Gasteiger partial charge in [0.15, 0.2) is 9.84 Å². The zero-order valence-corrected chi connectivity index (χ0v) is 18.4. The van der Waals surface area contributed by atoms with E-state index >= 15 is 0 Å². The topological polar surface area (TPSA) is 110 Å². The van der Waals surface area contributed by atoms with Gasteiger partial charge in [-0.1, -0.05) is 22.9 Å². The molecule has 1 aliphatic rings. The Morgan fingerprint density at radius 2 is 2.07 bits per heavy atom. The van der Waals surface area contributed by atoms with Gasteiger partial charge in [0.25, 0.3) is 0 Å². The van der Waals surface area contributed by atoms with Gasteiger partial charge in [0, 0.05) is 17.1 Å². The molecule has 0 spiro atoms. The molecular weight excluding hydrogens is 460 g/mol. The fourth-order valence-electron chi connectivity index (χ4n) is 2.81. The summed E-state index contributed by atoms with van der Waals surface area (Å²) in [5.41, 5.74) is 0. The van der Waals surface area contributed by atoms with Crippen molar-refractivity contribution in [3.05, 3.63) is 22.7 Å². The molecule has 0 saturated carbocycles. The fraction of sp³-hybridized carbons (Fsp3) is 0.562. The summed E-state index contributed by atoms with van der Waals surface area (Å²) >= 11 is 3.26. The number of nitrogens with zero attached hydrogens (tertiary/aromatic N) is 1. The van der Waals surface area contributed by atoms with Gasteiger partial charge in [-0.2, -0.15) is 4.31 Å². The molecule has 0 aliphatic carbocycles. The lowest BCUT2D eigenvalue weighted by molar-refractivity contribution is -0.121. The number of likely N-dealkylation sites (N-methyl/N-ethyl adjacent to an activating group) is 1. The second-order valence-corrected chi connectivity index (χ2v) is 11.2. The normalized spacial score (nSPS) is 19.2. The van der Waals surface area contributed by atoms with Crippen molar-refractivity contribution in [2.45, 2.75) is 31.2 Å². The van der Waals surface area contributed by atoms with Crippen LogP contribution in [-0.4, -0.2) is 64.3 Å². The summed E-state index contributed by atoms with van der Waals surface area (Å²) in [6, 6.07) is 4.18. The number of carbonyl (C=O) groups is 1. The zero-order chi connectivity index (χ0) is 20.2. The number of hydrogen-bond donors (Lipinski definition) is 1. The Bertz CT molecular complexity index is 901. The summed E-state index contributed by atoms with van der Waals surface area (Å²) < 4.78 is 56.1. The van der Waals surface area contributed by atoms with Crippen LogP contribution in [0.5, 0.6) is 5.75 Å². The summed E-state index contributed by atoms with van der Waals surface area (Å²) in [6.07, 6.45) is 0.340. The van der Waals surface area contributed by atoms with E-state index in [0.717, 1.165) is 4.31 Å². The molecule has 1 heterocycles. The molecule has 0 radical (unpaired) electrons. The first-order chi connectivity index (χ1) is 12.6. The summed E-state index contributed by atoms with van der Waals surface area (Å²) in [7, 11) is -7.11. The lowest BCUT2D eigenvalue weighted by Gasteiger charge is -2.22. The van der Waals surface area contributed by atoms with E-state index in [1.807, 2.05) is 0 Å². The molecule has 8 nitrogen and oxygen atoms in total. The Kier molecular flexibility index (Phi) is 7.28. The number of carbonyl (C=O) groups excluding carboxylic acids is 1. The first kappa shape index (κ1) is 22.1. The number of rotatable bonds is 8. The number of nitrogens with one attached hydrogen (secondary N) is 1. The van der Waals surface area contributed by atoms with Crippen LogP contribution in [0.4, 0.5) is 0 Å². The fourth-order valence-corrected chi connectivity index (χ4v) is 6.55. The molecule has 1 N–H and O–H groups in total. The third-order valence-corrected chi connectivity index (χ3v) is 8.30. The lowest BCUT2D eigenvalue weighted by Crippen LogP contribution is -2.44. The second kappa shape index (κ2) is 8.89. The minimum Gasteiger partial charge on any atom is -0.492 e. The van der Waals surface area contributed by atoms with Crippen molar-refractivity contribution < 1.29 is 26.4 Å². The molecule has 1 fully saturated rings. The maximum atomic E-state index is 13.0. The summed E-state index contributed by atoms with van der Waals surface area (Å²) in [4.78, 5) is 12.3. The standard InChI is InChI=1S/C16H23BrN2O6S2/c1-3-19(10-16(20)18-13-7-8-26(21,22)11-13)27(23,24)15-9-12(17)5-6-14(15)25-4-2/h5-6,9,13H,3-4,7-8,10-11H2,1-2H3,(H,18,20)/t13-/m1/s1. The first-order valence-corrected chi connectivity index (χ1v) is 12.6. The third kappa shape index (κ3) is 5.66. The first-order valence-electron chi connectivity index (χ1n) is 8.51. The van der Waals surface area contributed by atoms with Gasteiger partial charge < -0.3 is 10.1 Å². The highest BCUT2D eigenvalue weighted by Crippen LogP contribution is 2.30. The Labute approximate surface area is 168 Å². The Morgan fingerprint density at radius 3 is 2.63 bits per heavy atom. The molecule has 1 amide bonds. The van der Waals surface area contributed by atoms with Gasteiger partial charge in [0.1, 0.15) is 10.6 Å². The van der Waals surface area contributed by atoms with Crippen molar-refractivity contribution >= 4 is 41.7 Å². The van der Waals surface area contributed by atoms with Crippen LogP contribution in [0.2, 0.25) is 0 Å². The van der Waals surface area contributed by atoms with Gasteiger partial charge in [0.05, 0.1) is 24.7 Å². The number of benzene rings is 1. The Hall–Kier alpha value is -1.17. The molecule has 27 heavy (non-hydrogen) atoms. The maximum Gasteiger partial charge on any atom is 0.247 e. The molecule has 1 atom stereocenters. The van der Waals surface area contributed by atoms with E-state index in [9.17, 15) is 21.6 Å². The molecular formula is C16H23BrN2O6S2. The van der Waals surface area contributed by atoms with E-state index in [1.165, 1.54) is 6.07 Å². The van der Waals surface area contributed by atoms with Crippen molar-refractivity contribution in [3.8, 4) is 5.75 Å². The smallest absolute Gasteiger partial charge is 0.247 e. The van der Waals surface area contributed by atoms with E-state index < -0.39 is 38.4 Å². The summed E-state index contributed by atoms with van der Waals surface area (Å²) in [5, 5.41) is 2.61. The minimum atomic E-state index is -3.98. The molecule has 1 aliphatic heterocycles. The second-order valence-electron chi connectivity index (χ2n) is 6.12. The molecule has 11 heteroatoms. The van der Waals surface area contributed by atoms with Crippen LogP contribution < -0.4 is 10.1 Å². The molecule has 152 valence electrons. The molecule has 1 aromatic rings. The molecule has 0 bridgehead atoms. The van der Waals surface area contributed by atoms with Crippen molar-refractivity contribution in [2.75, 3.05) is 31.2 Å². The average molecular weight is 483 g/mol. The number of hydrogen-bond acceptors (Lipinski definition) is 6. The molecule has 2 rings (SSSR count). The summed E-state index contributed by atoms with van der Waals surface area (Å²) in [5.74, 6) is -0.404. The predicted molar refractivity (Wildman–Crippen MR) is 105 cm³/mol. The van der Waals surface area contributed by atoms with Crippen molar-refractivity contribution in [1.82, 2.24) is 9.62 Å². The highest BCUT2D eigenvalue weighted by molar-refractivity contribution is 9.10. The summed E-state index contributed by atoms with van der Waals surface area (Å²) in [6.45, 7) is 3.36. The van der Waals surface area contributed by atoms with Gasteiger partial charge in [0.2, 0.25) is 15.9 Å². The number of sulfone groups is 1. The van der Waals surface area contributed by atoms with E-state index in [0.29, 0.717) is 17.5 Å². The minimum absolute atomic E-state index is 0.0307. The molecule has 0 unspecified atom stereocenters. The number of amides is 1. The molecule has 1 aromatic carbocycles. The van der Waals surface area contributed by atoms with Crippen LogP contribution in [0.3, 0.4) is 0 Å². The average Bonchev–Trinajstić information content (AvgIpc) is 2.92. The highest BCUT2D eigenvalue weighted by Gasteiger charge is 2.32. The van der Waals surface area contributed by atoms with Crippen molar-refractivity contribution in [1.29, 1.82) is 0 Å². The predicted octanol–water partition coefficient (Wildman–Crippen LogP) is 1.16. The monoisotopic (exact) mass is 482 g/mol. The van der Waals surface area contributed by atoms with Crippen LogP contribution in [0.25, 0.3) is 0 Å². The number of halogens is 1. The Morgan fingerprint density at radius 1 is 1.37 bits per heavy atom. The van der Waals surface area contributed by atoms with E-state index in [2.05, 4.69) is 21.2 Å². The van der Waals surface area contributed by atoms with Gasteiger partial charge >= 0.3 is 0 Å². The quantitative estimate of drug-likeness (QED) is 0.595. The zero-order valence-electron chi connectivity index (χ0n) is 15.1. The van der Waals surface area contributed by atoms with Gasteiger partial charge in [-0.15, -0.1) is 0 Å². The van der Waals surface area contributed by atoms with E-state index in [1.54, 1.807) is 26.0 Å².